The first kappa shape index (κ1) is 20.1. The minimum absolute atomic E-state index is 0.243. The van der Waals surface area contributed by atoms with Gasteiger partial charge in [0.2, 0.25) is 10.0 Å². The lowest BCUT2D eigenvalue weighted by atomic mass is 10.0. The molecule has 0 aliphatic carbocycles. The molecular formula is C20H20BrN3O4S. The lowest BCUT2D eigenvalue weighted by Gasteiger charge is -2.37. The zero-order chi connectivity index (χ0) is 20.6. The number of hydrogen-bond acceptors (Lipinski definition) is 4. The van der Waals surface area contributed by atoms with E-state index in [0.29, 0.717) is 18.7 Å². The number of fused-ring (bicyclic) bond motifs is 1. The van der Waals surface area contributed by atoms with Crippen LogP contribution in [0.3, 0.4) is 0 Å². The maximum atomic E-state index is 12.8. The van der Waals surface area contributed by atoms with Crippen molar-refractivity contribution in [3.8, 4) is 0 Å². The molecular weight excluding hydrogens is 458 g/mol. The van der Waals surface area contributed by atoms with E-state index in [1.165, 1.54) is 4.31 Å². The minimum atomic E-state index is -3.58. The van der Waals surface area contributed by atoms with Crippen molar-refractivity contribution >= 4 is 42.8 Å². The Balaban J connectivity index is 1.57. The number of aromatic amines is 1. The van der Waals surface area contributed by atoms with Crippen molar-refractivity contribution in [3.63, 3.8) is 0 Å². The van der Waals surface area contributed by atoms with E-state index in [2.05, 4.69) is 20.9 Å². The summed E-state index contributed by atoms with van der Waals surface area (Å²) in [5.41, 5.74) is 1.54. The molecule has 1 unspecified atom stereocenters. The number of carboxylic acid groups (broad SMARTS) is 1. The molecule has 1 aliphatic rings. The molecule has 9 heteroatoms. The van der Waals surface area contributed by atoms with Gasteiger partial charge < -0.3 is 10.1 Å². The van der Waals surface area contributed by atoms with Crippen molar-refractivity contribution in [2.24, 2.45) is 0 Å². The highest BCUT2D eigenvalue weighted by Gasteiger charge is 2.35. The molecule has 2 aromatic carbocycles. The highest BCUT2D eigenvalue weighted by molar-refractivity contribution is 9.10. The molecule has 29 heavy (non-hydrogen) atoms. The molecule has 1 aliphatic heterocycles. The molecule has 4 rings (SSSR count). The van der Waals surface area contributed by atoms with E-state index in [-0.39, 0.29) is 18.0 Å². The Morgan fingerprint density at radius 3 is 2.41 bits per heavy atom. The molecule has 1 fully saturated rings. The van der Waals surface area contributed by atoms with Crippen molar-refractivity contribution < 1.29 is 18.3 Å². The number of sulfonamides is 1. The Morgan fingerprint density at radius 2 is 1.76 bits per heavy atom. The average Bonchev–Trinajstić information content (AvgIpc) is 3.12. The van der Waals surface area contributed by atoms with E-state index in [9.17, 15) is 18.3 Å². The summed E-state index contributed by atoms with van der Waals surface area (Å²) in [6.07, 6.45) is 1.73. The Kier molecular flexibility index (Phi) is 5.48. The number of H-pyrrole nitrogens is 1. The number of hydrogen-bond donors (Lipinski definition) is 2. The van der Waals surface area contributed by atoms with Gasteiger partial charge in [0.05, 0.1) is 4.90 Å². The van der Waals surface area contributed by atoms with E-state index in [1.54, 1.807) is 36.5 Å². The van der Waals surface area contributed by atoms with Gasteiger partial charge in [-0.2, -0.15) is 4.31 Å². The lowest BCUT2D eigenvalue weighted by molar-refractivity contribution is -0.144. The van der Waals surface area contributed by atoms with Gasteiger partial charge in [0.15, 0.2) is 0 Å². The van der Waals surface area contributed by atoms with Crippen LogP contribution in [0.5, 0.6) is 0 Å². The second-order valence-corrected chi connectivity index (χ2v) is 9.78. The first-order valence-corrected chi connectivity index (χ1v) is 11.4. The predicted octanol–water partition coefficient (Wildman–Crippen LogP) is 3.06. The number of carbonyl (C=O) groups is 1. The van der Waals surface area contributed by atoms with Crippen molar-refractivity contribution in [2.45, 2.75) is 10.9 Å². The molecule has 3 aromatic rings. The molecule has 0 saturated carbocycles. The first-order valence-electron chi connectivity index (χ1n) is 9.16. The Morgan fingerprint density at radius 1 is 1.07 bits per heavy atom. The fourth-order valence-electron chi connectivity index (χ4n) is 3.77. The van der Waals surface area contributed by atoms with Crippen LogP contribution in [0.4, 0.5) is 0 Å². The van der Waals surface area contributed by atoms with E-state index >= 15 is 0 Å². The van der Waals surface area contributed by atoms with Crippen LogP contribution < -0.4 is 0 Å². The summed E-state index contributed by atoms with van der Waals surface area (Å²) < 4.78 is 27.9. The fourth-order valence-corrected chi connectivity index (χ4v) is 5.57. The third-order valence-corrected chi connectivity index (χ3v) is 7.63. The number of nitrogens with zero attached hydrogens (tertiary/aromatic N) is 2. The highest BCUT2D eigenvalue weighted by atomic mass is 79.9. The predicted molar refractivity (Wildman–Crippen MR) is 113 cm³/mol. The topological polar surface area (TPSA) is 93.7 Å². The number of aliphatic carboxylic acids is 1. The number of benzene rings is 2. The third-order valence-electron chi connectivity index (χ3n) is 5.22. The van der Waals surface area contributed by atoms with Crippen LogP contribution in [0.15, 0.2) is 64.1 Å². The molecule has 152 valence electrons. The molecule has 1 atom stereocenters. The Hall–Kier alpha value is -2.20. The Bertz CT molecular complexity index is 1140. The molecule has 0 amide bonds. The number of carboxylic acids is 1. The lowest BCUT2D eigenvalue weighted by Crippen LogP contribution is -2.50. The van der Waals surface area contributed by atoms with Crippen molar-refractivity contribution in [1.82, 2.24) is 14.2 Å². The van der Waals surface area contributed by atoms with Gasteiger partial charge in [-0.15, -0.1) is 0 Å². The van der Waals surface area contributed by atoms with Crippen molar-refractivity contribution in [1.29, 1.82) is 0 Å². The zero-order valence-electron chi connectivity index (χ0n) is 15.5. The van der Waals surface area contributed by atoms with Gasteiger partial charge in [0.25, 0.3) is 0 Å². The number of halogens is 1. The van der Waals surface area contributed by atoms with Gasteiger partial charge in [-0.25, -0.2) is 8.42 Å². The summed E-state index contributed by atoms with van der Waals surface area (Å²) in [5.74, 6) is -0.953. The van der Waals surface area contributed by atoms with E-state index < -0.39 is 22.0 Å². The smallest absolute Gasteiger partial charge is 0.325 e. The van der Waals surface area contributed by atoms with E-state index in [4.69, 9.17) is 0 Å². The summed E-state index contributed by atoms with van der Waals surface area (Å²) in [6.45, 7) is 1.16. The SMILES string of the molecule is O=C(O)C(c1c[nH]c2ccc(Br)cc12)N1CCN(S(=O)(=O)c2ccccc2)CC1. The number of aromatic nitrogens is 1. The largest absolute Gasteiger partial charge is 0.480 e. The molecule has 0 radical (unpaired) electrons. The molecule has 0 spiro atoms. The van der Waals surface area contributed by atoms with E-state index in [0.717, 1.165) is 15.4 Å². The summed E-state index contributed by atoms with van der Waals surface area (Å²) >= 11 is 3.44. The van der Waals surface area contributed by atoms with Crippen LogP contribution in [-0.4, -0.2) is 59.9 Å². The van der Waals surface area contributed by atoms with Crippen LogP contribution in [-0.2, 0) is 14.8 Å². The van der Waals surface area contributed by atoms with Crippen molar-refractivity contribution in [3.05, 3.63) is 64.8 Å². The number of piperazine rings is 1. The Labute approximate surface area is 177 Å². The second-order valence-electron chi connectivity index (χ2n) is 6.93. The molecule has 2 N–H and O–H groups in total. The monoisotopic (exact) mass is 477 g/mol. The van der Waals surface area contributed by atoms with Gasteiger partial charge in [0, 0.05) is 53.3 Å². The zero-order valence-corrected chi connectivity index (χ0v) is 17.9. The molecule has 2 heterocycles. The molecule has 0 bridgehead atoms. The standard InChI is InChI=1S/C20H20BrN3O4S/c21-14-6-7-18-16(12-14)17(13-22-18)19(20(25)26)23-8-10-24(11-9-23)29(27,28)15-4-2-1-3-5-15/h1-7,12-13,19,22H,8-11H2,(H,25,26). The van der Waals surface area contributed by atoms with E-state index in [1.807, 2.05) is 23.1 Å². The van der Waals surface area contributed by atoms with Gasteiger partial charge in [-0.05, 0) is 30.3 Å². The summed E-state index contributed by atoms with van der Waals surface area (Å²) in [7, 11) is -3.58. The van der Waals surface area contributed by atoms with Crippen LogP contribution in [0.25, 0.3) is 10.9 Å². The van der Waals surface area contributed by atoms with Gasteiger partial charge in [-0.3, -0.25) is 9.69 Å². The van der Waals surface area contributed by atoms with Gasteiger partial charge >= 0.3 is 5.97 Å². The van der Waals surface area contributed by atoms with Crippen molar-refractivity contribution in [2.75, 3.05) is 26.2 Å². The maximum Gasteiger partial charge on any atom is 0.325 e. The molecule has 1 saturated heterocycles. The minimum Gasteiger partial charge on any atom is -0.480 e. The van der Waals surface area contributed by atoms with Crippen LogP contribution in [0, 0.1) is 0 Å². The number of nitrogens with one attached hydrogen (secondary N) is 1. The second kappa shape index (κ2) is 7.91. The molecule has 7 nitrogen and oxygen atoms in total. The van der Waals surface area contributed by atoms with Gasteiger partial charge in [0.1, 0.15) is 6.04 Å². The fraction of sp³-hybridized carbons (Fsp3) is 0.250. The maximum absolute atomic E-state index is 12.8. The third kappa shape index (κ3) is 3.83. The average molecular weight is 478 g/mol. The number of rotatable bonds is 5. The first-order chi connectivity index (χ1) is 13.9. The van der Waals surface area contributed by atoms with Crippen LogP contribution >= 0.6 is 15.9 Å². The summed E-state index contributed by atoms with van der Waals surface area (Å²) in [6, 6.07) is 13.1. The highest BCUT2D eigenvalue weighted by Crippen LogP contribution is 2.31. The quantitative estimate of drug-likeness (QED) is 0.588. The normalized spacial score (nSPS) is 17.4. The van der Waals surface area contributed by atoms with Crippen LogP contribution in [0.1, 0.15) is 11.6 Å². The van der Waals surface area contributed by atoms with Crippen LogP contribution in [0.2, 0.25) is 0 Å². The van der Waals surface area contributed by atoms with Gasteiger partial charge in [-0.1, -0.05) is 34.1 Å². The summed E-state index contributed by atoms with van der Waals surface area (Å²) in [5, 5.41) is 10.8. The molecule has 1 aromatic heterocycles. The summed E-state index contributed by atoms with van der Waals surface area (Å²) in [4.78, 5) is 17.3.